The number of hydrogen-bond donors (Lipinski definition) is 0. The summed E-state index contributed by atoms with van der Waals surface area (Å²) in [5.74, 6) is 0.867. The van der Waals surface area contributed by atoms with E-state index in [9.17, 15) is 9.59 Å². The standard InChI is InChI=1S/C7H9NO2S2/c1-5(9)4-6(10)12-7-8-2-3-11-7/h2-4H2,1H3. The molecule has 0 fully saturated rings. The fourth-order valence-electron chi connectivity index (χ4n) is 0.714. The molecule has 1 heterocycles. The van der Waals surface area contributed by atoms with E-state index in [4.69, 9.17) is 0 Å². The number of hydrogen-bond acceptors (Lipinski definition) is 5. The quantitative estimate of drug-likeness (QED) is 0.635. The predicted molar refractivity (Wildman–Crippen MR) is 52.7 cm³/mol. The fourth-order valence-corrected chi connectivity index (χ4v) is 2.64. The van der Waals surface area contributed by atoms with E-state index in [1.807, 2.05) is 0 Å². The number of Topliss-reactive ketones (excluding diaryl/α,β-unsaturated/α-hetero) is 1. The summed E-state index contributed by atoms with van der Waals surface area (Å²) in [4.78, 5) is 25.7. The largest absolute Gasteiger partial charge is 0.300 e. The van der Waals surface area contributed by atoms with Crippen molar-refractivity contribution in [2.45, 2.75) is 13.3 Å². The Bertz CT molecular complexity index is 238. The van der Waals surface area contributed by atoms with Gasteiger partial charge in [0.15, 0.2) is 0 Å². The smallest absolute Gasteiger partial charge is 0.202 e. The van der Waals surface area contributed by atoms with Crippen LogP contribution >= 0.6 is 23.5 Å². The van der Waals surface area contributed by atoms with Crippen LogP contribution in [0.5, 0.6) is 0 Å². The molecular weight excluding hydrogens is 194 g/mol. The second-order valence-corrected chi connectivity index (χ2v) is 4.74. The molecule has 0 saturated heterocycles. The van der Waals surface area contributed by atoms with Gasteiger partial charge in [0.1, 0.15) is 10.2 Å². The molecule has 0 radical (unpaired) electrons. The minimum absolute atomic E-state index is 0.0181. The van der Waals surface area contributed by atoms with Crippen molar-refractivity contribution in [3.05, 3.63) is 0 Å². The zero-order chi connectivity index (χ0) is 8.97. The maximum Gasteiger partial charge on any atom is 0.202 e. The number of carbonyl (C=O) groups is 2. The van der Waals surface area contributed by atoms with Gasteiger partial charge in [0.05, 0.1) is 13.0 Å². The van der Waals surface area contributed by atoms with Crippen LogP contribution in [0.4, 0.5) is 0 Å². The molecule has 0 spiro atoms. The molecule has 3 nitrogen and oxygen atoms in total. The van der Waals surface area contributed by atoms with Crippen LogP contribution in [0.3, 0.4) is 0 Å². The Morgan fingerprint density at radius 3 is 2.92 bits per heavy atom. The number of nitrogens with zero attached hydrogens (tertiary/aromatic N) is 1. The molecule has 0 bridgehead atoms. The van der Waals surface area contributed by atoms with Gasteiger partial charge in [0, 0.05) is 5.75 Å². The van der Waals surface area contributed by atoms with E-state index in [2.05, 4.69) is 4.99 Å². The maximum absolute atomic E-state index is 11.1. The lowest BCUT2D eigenvalue weighted by Crippen LogP contribution is -2.01. The first-order chi connectivity index (χ1) is 5.68. The SMILES string of the molecule is CC(=O)CC(=O)SC1=NCCS1. The summed E-state index contributed by atoms with van der Waals surface area (Å²) in [5, 5.41) is -0.101. The highest BCUT2D eigenvalue weighted by Crippen LogP contribution is 2.23. The highest BCUT2D eigenvalue weighted by Gasteiger charge is 2.13. The molecule has 0 aromatic carbocycles. The van der Waals surface area contributed by atoms with Crippen molar-refractivity contribution in [1.29, 1.82) is 0 Å². The molecule has 1 aliphatic heterocycles. The van der Waals surface area contributed by atoms with Crippen molar-refractivity contribution in [3.8, 4) is 0 Å². The van der Waals surface area contributed by atoms with Crippen molar-refractivity contribution in [2.75, 3.05) is 12.3 Å². The zero-order valence-electron chi connectivity index (χ0n) is 6.70. The molecule has 1 rings (SSSR count). The van der Waals surface area contributed by atoms with Crippen molar-refractivity contribution in [2.24, 2.45) is 4.99 Å². The summed E-state index contributed by atoms with van der Waals surface area (Å²) in [7, 11) is 0. The van der Waals surface area contributed by atoms with E-state index < -0.39 is 0 Å². The molecule has 12 heavy (non-hydrogen) atoms. The monoisotopic (exact) mass is 203 g/mol. The Morgan fingerprint density at radius 2 is 2.42 bits per heavy atom. The van der Waals surface area contributed by atoms with E-state index in [0.717, 1.165) is 28.4 Å². The maximum atomic E-state index is 11.1. The van der Waals surface area contributed by atoms with E-state index in [1.54, 1.807) is 11.8 Å². The van der Waals surface area contributed by atoms with Crippen molar-refractivity contribution in [3.63, 3.8) is 0 Å². The third kappa shape index (κ3) is 3.40. The van der Waals surface area contributed by atoms with Gasteiger partial charge in [0.2, 0.25) is 5.12 Å². The Balaban J connectivity index is 2.30. The first-order valence-corrected chi connectivity index (χ1v) is 5.36. The Hall–Kier alpha value is -0.290. The number of carbonyl (C=O) groups excluding carboxylic acids is 2. The van der Waals surface area contributed by atoms with Gasteiger partial charge in [0.25, 0.3) is 0 Å². The molecule has 0 saturated carbocycles. The minimum Gasteiger partial charge on any atom is -0.300 e. The lowest BCUT2D eigenvalue weighted by molar-refractivity contribution is -0.121. The van der Waals surface area contributed by atoms with Crippen LogP contribution in [-0.4, -0.2) is 27.6 Å². The van der Waals surface area contributed by atoms with Gasteiger partial charge < -0.3 is 0 Å². The average molecular weight is 203 g/mol. The highest BCUT2D eigenvalue weighted by molar-refractivity contribution is 8.45. The Kier molecular flexibility index (Phi) is 3.81. The van der Waals surface area contributed by atoms with Gasteiger partial charge in [-0.15, -0.1) is 0 Å². The molecule has 0 amide bonds. The lowest BCUT2D eigenvalue weighted by Gasteiger charge is -1.95. The number of rotatable bonds is 2. The van der Waals surface area contributed by atoms with Gasteiger partial charge >= 0.3 is 0 Å². The van der Waals surface area contributed by atoms with Crippen LogP contribution < -0.4 is 0 Å². The highest BCUT2D eigenvalue weighted by atomic mass is 32.2. The van der Waals surface area contributed by atoms with Crippen LogP contribution in [0, 0.1) is 0 Å². The number of ketones is 1. The molecule has 0 aliphatic carbocycles. The molecule has 0 aromatic rings. The van der Waals surface area contributed by atoms with Gasteiger partial charge in [-0.3, -0.25) is 14.6 Å². The topological polar surface area (TPSA) is 46.5 Å². The van der Waals surface area contributed by atoms with Crippen molar-refractivity contribution >= 4 is 38.8 Å². The zero-order valence-corrected chi connectivity index (χ0v) is 8.33. The van der Waals surface area contributed by atoms with E-state index in [1.165, 1.54) is 6.92 Å². The van der Waals surface area contributed by atoms with Gasteiger partial charge in [-0.05, 0) is 18.7 Å². The van der Waals surface area contributed by atoms with Crippen LogP contribution in [0.2, 0.25) is 0 Å². The summed E-state index contributed by atoms with van der Waals surface area (Å²) in [6, 6.07) is 0. The third-order valence-corrected chi connectivity index (χ3v) is 3.19. The molecule has 1 aliphatic rings. The van der Waals surface area contributed by atoms with Gasteiger partial charge in [-0.25, -0.2) is 0 Å². The molecular formula is C7H9NO2S2. The Morgan fingerprint density at radius 1 is 1.67 bits per heavy atom. The molecule has 0 unspecified atom stereocenters. The van der Waals surface area contributed by atoms with Gasteiger partial charge in [-0.2, -0.15) is 0 Å². The molecule has 0 aromatic heterocycles. The van der Waals surface area contributed by atoms with E-state index in [-0.39, 0.29) is 17.3 Å². The third-order valence-electron chi connectivity index (χ3n) is 1.15. The first kappa shape index (κ1) is 9.80. The molecule has 0 N–H and O–H groups in total. The second kappa shape index (κ2) is 4.67. The predicted octanol–water partition coefficient (Wildman–Crippen LogP) is 1.33. The normalized spacial score (nSPS) is 15.9. The van der Waals surface area contributed by atoms with Crippen molar-refractivity contribution in [1.82, 2.24) is 0 Å². The molecule has 0 atom stereocenters. The lowest BCUT2D eigenvalue weighted by atomic mass is 10.3. The summed E-state index contributed by atoms with van der Waals surface area (Å²) < 4.78 is 0.807. The molecule has 5 heteroatoms. The van der Waals surface area contributed by atoms with Crippen molar-refractivity contribution < 1.29 is 9.59 Å². The van der Waals surface area contributed by atoms with Crippen LogP contribution in [0.15, 0.2) is 4.99 Å². The first-order valence-electron chi connectivity index (χ1n) is 3.56. The average Bonchev–Trinajstić information content (AvgIpc) is 2.37. The minimum atomic E-state index is -0.101. The fraction of sp³-hybridized carbons (Fsp3) is 0.571. The van der Waals surface area contributed by atoms with Crippen LogP contribution in [0.25, 0.3) is 0 Å². The summed E-state index contributed by atoms with van der Waals surface area (Å²) in [5.41, 5.74) is 0. The Labute approximate surface area is 79.4 Å². The summed E-state index contributed by atoms with van der Waals surface area (Å²) in [6.07, 6.45) is 0.0181. The summed E-state index contributed by atoms with van der Waals surface area (Å²) in [6.45, 7) is 2.21. The summed E-state index contributed by atoms with van der Waals surface area (Å²) >= 11 is 2.67. The van der Waals surface area contributed by atoms with Gasteiger partial charge in [-0.1, -0.05) is 11.8 Å². The van der Waals surface area contributed by atoms with E-state index >= 15 is 0 Å². The number of thioether (sulfide) groups is 2. The van der Waals surface area contributed by atoms with E-state index in [0.29, 0.717) is 0 Å². The molecule has 66 valence electrons. The van der Waals surface area contributed by atoms with Crippen LogP contribution in [0.1, 0.15) is 13.3 Å². The van der Waals surface area contributed by atoms with Crippen LogP contribution in [-0.2, 0) is 9.59 Å². The second-order valence-electron chi connectivity index (χ2n) is 2.35. The number of aliphatic imine (C=N–C) groups is 1.